The van der Waals surface area contributed by atoms with E-state index in [1.54, 1.807) is 31.2 Å². The lowest BCUT2D eigenvalue weighted by atomic mass is 10.1. The van der Waals surface area contributed by atoms with Gasteiger partial charge < -0.3 is 5.32 Å². The van der Waals surface area contributed by atoms with Gasteiger partial charge in [0.15, 0.2) is 5.69 Å². The SMILES string of the molecule is CCNc1nc(-c2cccc(Cl)c2)cc(C(F)(F)F)n1. The number of anilines is 1. The maximum absolute atomic E-state index is 12.8. The van der Waals surface area contributed by atoms with Gasteiger partial charge in [-0.1, -0.05) is 23.7 Å². The van der Waals surface area contributed by atoms with Gasteiger partial charge in [0.05, 0.1) is 5.69 Å². The summed E-state index contributed by atoms with van der Waals surface area (Å²) in [7, 11) is 0. The lowest BCUT2D eigenvalue weighted by Gasteiger charge is -2.11. The van der Waals surface area contributed by atoms with E-state index in [0.717, 1.165) is 6.07 Å². The highest BCUT2D eigenvalue weighted by atomic mass is 35.5. The zero-order chi connectivity index (χ0) is 14.8. The largest absolute Gasteiger partial charge is 0.433 e. The Bertz CT molecular complexity index is 614. The van der Waals surface area contributed by atoms with Crippen LogP contribution >= 0.6 is 11.6 Å². The molecule has 0 radical (unpaired) electrons. The first-order valence-corrected chi connectivity index (χ1v) is 6.24. The van der Waals surface area contributed by atoms with Crippen molar-refractivity contribution >= 4 is 17.5 Å². The van der Waals surface area contributed by atoms with Crippen LogP contribution < -0.4 is 5.32 Å². The van der Waals surface area contributed by atoms with Crippen LogP contribution in [0.25, 0.3) is 11.3 Å². The summed E-state index contributed by atoms with van der Waals surface area (Å²) in [6.07, 6.45) is -4.53. The van der Waals surface area contributed by atoms with Gasteiger partial charge in [0, 0.05) is 17.1 Å². The Morgan fingerprint density at radius 1 is 1.20 bits per heavy atom. The van der Waals surface area contributed by atoms with Crippen LogP contribution in [0.1, 0.15) is 12.6 Å². The molecule has 0 aliphatic rings. The van der Waals surface area contributed by atoms with Gasteiger partial charge >= 0.3 is 6.18 Å². The Labute approximate surface area is 118 Å². The lowest BCUT2D eigenvalue weighted by molar-refractivity contribution is -0.141. The van der Waals surface area contributed by atoms with E-state index in [0.29, 0.717) is 17.1 Å². The average Bonchev–Trinajstić information content (AvgIpc) is 2.38. The van der Waals surface area contributed by atoms with Gasteiger partial charge in [-0.2, -0.15) is 13.2 Å². The van der Waals surface area contributed by atoms with Gasteiger partial charge in [-0.3, -0.25) is 0 Å². The maximum Gasteiger partial charge on any atom is 0.433 e. The molecule has 1 aromatic carbocycles. The number of hydrogen-bond acceptors (Lipinski definition) is 3. The summed E-state index contributed by atoms with van der Waals surface area (Å²) in [5, 5.41) is 3.12. The van der Waals surface area contributed by atoms with E-state index in [4.69, 9.17) is 11.6 Å². The highest BCUT2D eigenvalue weighted by Crippen LogP contribution is 2.31. The average molecular weight is 302 g/mol. The minimum atomic E-state index is -4.53. The summed E-state index contributed by atoms with van der Waals surface area (Å²) in [5.74, 6) is -0.0581. The number of alkyl halides is 3. The molecule has 0 atom stereocenters. The molecule has 1 heterocycles. The van der Waals surface area contributed by atoms with Gasteiger partial charge in [-0.05, 0) is 25.1 Å². The Morgan fingerprint density at radius 3 is 2.55 bits per heavy atom. The molecule has 2 rings (SSSR count). The van der Waals surface area contributed by atoms with Crippen molar-refractivity contribution < 1.29 is 13.2 Å². The van der Waals surface area contributed by atoms with Crippen LogP contribution in [-0.4, -0.2) is 16.5 Å². The summed E-state index contributed by atoms with van der Waals surface area (Å²) < 4.78 is 38.5. The molecule has 0 fully saturated rings. The number of rotatable bonds is 3. The molecule has 0 amide bonds. The van der Waals surface area contributed by atoms with Crippen molar-refractivity contribution in [3.63, 3.8) is 0 Å². The molecule has 0 unspecified atom stereocenters. The highest BCUT2D eigenvalue weighted by molar-refractivity contribution is 6.30. The van der Waals surface area contributed by atoms with Crippen LogP contribution in [0.5, 0.6) is 0 Å². The number of hydrogen-bond donors (Lipinski definition) is 1. The Hall–Kier alpha value is -1.82. The molecule has 0 aliphatic carbocycles. The third kappa shape index (κ3) is 3.39. The van der Waals surface area contributed by atoms with Crippen molar-refractivity contribution in [3.8, 4) is 11.3 Å². The van der Waals surface area contributed by atoms with E-state index in [1.807, 2.05) is 0 Å². The second kappa shape index (κ2) is 5.66. The number of benzene rings is 1. The van der Waals surface area contributed by atoms with Crippen LogP contribution in [0, 0.1) is 0 Å². The molecule has 0 bridgehead atoms. The van der Waals surface area contributed by atoms with Gasteiger partial charge in [0.1, 0.15) is 0 Å². The number of aromatic nitrogens is 2. The van der Waals surface area contributed by atoms with Crippen molar-refractivity contribution in [2.75, 3.05) is 11.9 Å². The topological polar surface area (TPSA) is 37.8 Å². The van der Waals surface area contributed by atoms with E-state index in [9.17, 15) is 13.2 Å². The van der Waals surface area contributed by atoms with Crippen LogP contribution in [0.2, 0.25) is 5.02 Å². The first-order chi connectivity index (χ1) is 9.40. The molecule has 7 heteroatoms. The standard InChI is InChI=1S/C13H11ClF3N3/c1-2-18-12-19-10(7-11(20-12)13(15,16)17)8-4-3-5-9(14)6-8/h3-7H,2H2,1H3,(H,18,19,20). The second-order valence-corrected chi connectivity index (χ2v) is 4.44. The molecule has 1 aromatic heterocycles. The molecule has 0 saturated carbocycles. The zero-order valence-corrected chi connectivity index (χ0v) is 11.3. The van der Waals surface area contributed by atoms with Crippen molar-refractivity contribution in [3.05, 3.63) is 41.0 Å². The molecule has 3 nitrogen and oxygen atoms in total. The second-order valence-electron chi connectivity index (χ2n) is 4.00. The van der Waals surface area contributed by atoms with E-state index in [2.05, 4.69) is 15.3 Å². The maximum atomic E-state index is 12.8. The minimum Gasteiger partial charge on any atom is -0.354 e. The van der Waals surface area contributed by atoms with Crippen LogP contribution in [0.15, 0.2) is 30.3 Å². The van der Waals surface area contributed by atoms with Crippen LogP contribution in [0.3, 0.4) is 0 Å². The third-order valence-corrected chi connectivity index (χ3v) is 2.71. The molecule has 0 saturated heterocycles. The molecular formula is C13H11ClF3N3. The van der Waals surface area contributed by atoms with Gasteiger partial charge in [-0.25, -0.2) is 9.97 Å². The smallest absolute Gasteiger partial charge is 0.354 e. The lowest BCUT2D eigenvalue weighted by Crippen LogP contribution is -2.12. The molecule has 2 aromatic rings. The summed E-state index contributed by atoms with van der Waals surface area (Å²) in [5.41, 5.74) is -0.311. The fourth-order valence-corrected chi connectivity index (χ4v) is 1.82. The number of halogens is 4. The van der Waals surface area contributed by atoms with Crippen molar-refractivity contribution in [2.24, 2.45) is 0 Å². The molecule has 0 aliphatic heterocycles. The third-order valence-electron chi connectivity index (χ3n) is 2.47. The molecule has 0 spiro atoms. The van der Waals surface area contributed by atoms with Crippen molar-refractivity contribution in [1.82, 2.24) is 9.97 Å². The zero-order valence-electron chi connectivity index (χ0n) is 10.5. The van der Waals surface area contributed by atoms with E-state index >= 15 is 0 Å². The first kappa shape index (κ1) is 14.6. The molecular weight excluding hydrogens is 291 g/mol. The van der Waals surface area contributed by atoms with Crippen LogP contribution in [-0.2, 0) is 6.18 Å². The van der Waals surface area contributed by atoms with Crippen LogP contribution in [0.4, 0.5) is 19.1 Å². The Kier molecular flexibility index (Phi) is 4.13. The summed E-state index contributed by atoms with van der Waals surface area (Å²) in [6.45, 7) is 2.18. The quantitative estimate of drug-likeness (QED) is 0.921. The normalized spacial score (nSPS) is 11.4. The summed E-state index contributed by atoms with van der Waals surface area (Å²) >= 11 is 5.84. The van der Waals surface area contributed by atoms with E-state index in [-0.39, 0.29) is 11.6 Å². The van der Waals surface area contributed by atoms with Crippen molar-refractivity contribution in [1.29, 1.82) is 0 Å². The molecule has 1 N–H and O–H groups in total. The number of nitrogens with zero attached hydrogens (tertiary/aromatic N) is 2. The first-order valence-electron chi connectivity index (χ1n) is 5.86. The summed E-state index contributed by atoms with van der Waals surface area (Å²) in [4.78, 5) is 7.53. The molecule has 20 heavy (non-hydrogen) atoms. The molecule has 106 valence electrons. The fraction of sp³-hybridized carbons (Fsp3) is 0.231. The number of nitrogens with one attached hydrogen (secondary N) is 1. The van der Waals surface area contributed by atoms with Gasteiger partial charge in [0.2, 0.25) is 5.95 Å². The fourth-order valence-electron chi connectivity index (χ4n) is 1.63. The predicted molar refractivity (Wildman–Crippen MR) is 71.6 cm³/mol. The van der Waals surface area contributed by atoms with Gasteiger partial charge in [-0.15, -0.1) is 0 Å². The Balaban J connectivity index is 2.54. The summed E-state index contributed by atoms with van der Waals surface area (Å²) in [6, 6.07) is 7.40. The van der Waals surface area contributed by atoms with E-state index in [1.165, 1.54) is 0 Å². The predicted octanol–water partition coefficient (Wildman–Crippen LogP) is 4.25. The van der Waals surface area contributed by atoms with E-state index < -0.39 is 11.9 Å². The van der Waals surface area contributed by atoms with Gasteiger partial charge in [0.25, 0.3) is 0 Å². The van der Waals surface area contributed by atoms with Crippen molar-refractivity contribution in [2.45, 2.75) is 13.1 Å². The highest BCUT2D eigenvalue weighted by Gasteiger charge is 2.33. The minimum absolute atomic E-state index is 0.0581. The Morgan fingerprint density at radius 2 is 1.95 bits per heavy atom. The monoisotopic (exact) mass is 301 g/mol.